The quantitative estimate of drug-likeness (QED) is 0.755. The van der Waals surface area contributed by atoms with Gasteiger partial charge in [0.1, 0.15) is 0 Å². The number of unbranched alkanes of at least 4 members (excludes halogenated alkanes) is 1. The van der Waals surface area contributed by atoms with Crippen LogP contribution in [0.1, 0.15) is 38.7 Å². The Morgan fingerprint density at radius 2 is 1.89 bits per heavy atom. The van der Waals surface area contributed by atoms with E-state index in [1.54, 1.807) is 0 Å². The number of aliphatic hydroxyl groups is 1. The van der Waals surface area contributed by atoms with Crippen LogP contribution in [0.2, 0.25) is 0 Å². The predicted octanol–water partition coefficient (Wildman–Crippen LogP) is 2.59. The lowest BCUT2D eigenvalue weighted by Crippen LogP contribution is -2.36. The summed E-state index contributed by atoms with van der Waals surface area (Å²) in [5, 5.41) is 8.74. The van der Waals surface area contributed by atoms with E-state index in [2.05, 4.69) is 0 Å². The van der Waals surface area contributed by atoms with Crippen LogP contribution in [0, 0.1) is 0 Å². The first kappa shape index (κ1) is 14.7. The van der Waals surface area contributed by atoms with Crippen molar-refractivity contribution in [2.75, 3.05) is 6.61 Å². The van der Waals surface area contributed by atoms with Crippen molar-refractivity contribution in [1.29, 1.82) is 0 Å². The summed E-state index contributed by atoms with van der Waals surface area (Å²) in [7, 11) is 0. The number of aliphatic hydroxyl groups excluding tert-OH is 1. The van der Waals surface area contributed by atoms with Gasteiger partial charge in [0, 0.05) is 25.6 Å². The molecule has 18 heavy (non-hydrogen) atoms. The van der Waals surface area contributed by atoms with Gasteiger partial charge in [-0.15, -0.1) is 0 Å². The molecule has 0 saturated heterocycles. The molecule has 1 rings (SSSR count). The fourth-order valence-corrected chi connectivity index (χ4v) is 1.87. The van der Waals surface area contributed by atoms with Crippen molar-refractivity contribution in [2.45, 2.75) is 45.7 Å². The van der Waals surface area contributed by atoms with E-state index in [1.165, 1.54) is 0 Å². The maximum absolute atomic E-state index is 12.1. The summed E-state index contributed by atoms with van der Waals surface area (Å²) in [5.74, 6) is 0.169. The van der Waals surface area contributed by atoms with Crippen molar-refractivity contribution in [1.82, 2.24) is 4.90 Å². The molecule has 3 nitrogen and oxygen atoms in total. The lowest BCUT2D eigenvalue weighted by molar-refractivity contribution is -0.133. The summed E-state index contributed by atoms with van der Waals surface area (Å²) in [6.45, 7) is 4.89. The second-order valence-corrected chi connectivity index (χ2v) is 4.78. The zero-order chi connectivity index (χ0) is 13.4. The van der Waals surface area contributed by atoms with E-state index in [-0.39, 0.29) is 18.6 Å². The van der Waals surface area contributed by atoms with Crippen LogP contribution in [0.15, 0.2) is 30.3 Å². The van der Waals surface area contributed by atoms with Crippen LogP contribution < -0.4 is 0 Å². The summed E-state index contributed by atoms with van der Waals surface area (Å²) < 4.78 is 0. The minimum atomic E-state index is 0.160. The van der Waals surface area contributed by atoms with Gasteiger partial charge >= 0.3 is 0 Å². The molecule has 0 radical (unpaired) electrons. The molecule has 0 unspecified atom stereocenters. The van der Waals surface area contributed by atoms with E-state index in [4.69, 9.17) is 5.11 Å². The fraction of sp³-hybridized carbons (Fsp3) is 0.533. The molecular weight excluding hydrogens is 226 g/mol. The van der Waals surface area contributed by atoms with Crippen molar-refractivity contribution in [3.63, 3.8) is 0 Å². The molecule has 0 aliphatic heterocycles. The number of carbonyl (C=O) groups is 1. The molecule has 1 aromatic carbocycles. The number of hydrogen-bond donors (Lipinski definition) is 1. The lowest BCUT2D eigenvalue weighted by atomic mass is 10.1. The highest BCUT2D eigenvalue weighted by molar-refractivity contribution is 5.76. The Labute approximate surface area is 109 Å². The van der Waals surface area contributed by atoms with Crippen LogP contribution in [0.3, 0.4) is 0 Å². The topological polar surface area (TPSA) is 40.5 Å². The second-order valence-electron chi connectivity index (χ2n) is 4.78. The van der Waals surface area contributed by atoms with Crippen molar-refractivity contribution in [2.24, 2.45) is 0 Å². The standard InChI is InChI=1S/C15H23NO2/c1-13(2)16(15(18)10-6-7-11-17)12-14-8-4-3-5-9-14/h3-5,8-9,13,17H,6-7,10-12H2,1-2H3. The number of benzene rings is 1. The molecule has 0 spiro atoms. The third kappa shape index (κ3) is 4.88. The fourth-order valence-electron chi connectivity index (χ4n) is 1.87. The van der Waals surface area contributed by atoms with Crippen LogP contribution >= 0.6 is 0 Å². The van der Waals surface area contributed by atoms with Gasteiger partial charge in [-0.2, -0.15) is 0 Å². The molecule has 0 atom stereocenters. The van der Waals surface area contributed by atoms with Gasteiger partial charge in [0.15, 0.2) is 0 Å². The first-order valence-electron chi connectivity index (χ1n) is 6.59. The van der Waals surface area contributed by atoms with Crippen molar-refractivity contribution in [3.05, 3.63) is 35.9 Å². The van der Waals surface area contributed by atoms with E-state index < -0.39 is 0 Å². The largest absolute Gasteiger partial charge is 0.396 e. The normalized spacial score (nSPS) is 10.7. The van der Waals surface area contributed by atoms with E-state index in [9.17, 15) is 4.79 Å². The van der Waals surface area contributed by atoms with Crippen LogP contribution in [0.25, 0.3) is 0 Å². The number of rotatable bonds is 7. The molecule has 0 saturated carbocycles. The Balaban J connectivity index is 2.57. The number of hydrogen-bond acceptors (Lipinski definition) is 2. The molecule has 1 amide bonds. The molecule has 3 heteroatoms. The van der Waals surface area contributed by atoms with Gasteiger partial charge in [-0.3, -0.25) is 4.79 Å². The Morgan fingerprint density at radius 3 is 2.44 bits per heavy atom. The van der Waals surface area contributed by atoms with Gasteiger partial charge in [-0.25, -0.2) is 0 Å². The summed E-state index contributed by atoms with van der Waals surface area (Å²) in [6.07, 6.45) is 1.97. The van der Waals surface area contributed by atoms with Crippen LogP contribution in [0.4, 0.5) is 0 Å². The van der Waals surface area contributed by atoms with Crippen LogP contribution in [-0.4, -0.2) is 28.6 Å². The molecule has 100 valence electrons. The first-order valence-corrected chi connectivity index (χ1v) is 6.59. The second kappa shape index (κ2) is 7.88. The average Bonchev–Trinajstić information content (AvgIpc) is 2.37. The maximum Gasteiger partial charge on any atom is 0.223 e. The minimum absolute atomic E-state index is 0.160. The van der Waals surface area contributed by atoms with E-state index in [1.807, 2.05) is 49.1 Å². The maximum atomic E-state index is 12.1. The number of nitrogens with zero attached hydrogens (tertiary/aromatic N) is 1. The van der Waals surface area contributed by atoms with E-state index in [0.717, 1.165) is 12.0 Å². The Bertz CT molecular complexity index is 349. The van der Waals surface area contributed by atoms with Gasteiger partial charge in [0.05, 0.1) is 0 Å². The van der Waals surface area contributed by atoms with E-state index in [0.29, 0.717) is 19.4 Å². The smallest absolute Gasteiger partial charge is 0.223 e. The lowest BCUT2D eigenvalue weighted by Gasteiger charge is -2.27. The molecule has 0 fully saturated rings. The zero-order valence-corrected chi connectivity index (χ0v) is 11.3. The van der Waals surface area contributed by atoms with Gasteiger partial charge in [0.2, 0.25) is 5.91 Å². The highest BCUT2D eigenvalue weighted by Crippen LogP contribution is 2.11. The van der Waals surface area contributed by atoms with Crippen LogP contribution in [-0.2, 0) is 11.3 Å². The number of carbonyl (C=O) groups excluding carboxylic acids is 1. The highest BCUT2D eigenvalue weighted by Gasteiger charge is 2.16. The molecule has 0 aliphatic carbocycles. The molecule has 0 bridgehead atoms. The van der Waals surface area contributed by atoms with Gasteiger partial charge in [-0.1, -0.05) is 30.3 Å². The summed E-state index contributed by atoms with van der Waals surface area (Å²) in [6, 6.07) is 10.2. The summed E-state index contributed by atoms with van der Waals surface area (Å²) in [4.78, 5) is 14.0. The molecule has 0 heterocycles. The molecule has 1 aromatic rings. The third-order valence-corrected chi connectivity index (χ3v) is 2.94. The average molecular weight is 249 g/mol. The SMILES string of the molecule is CC(C)N(Cc1ccccc1)C(=O)CCCCO. The minimum Gasteiger partial charge on any atom is -0.396 e. The van der Waals surface area contributed by atoms with Crippen molar-refractivity contribution < 1.29 is 9.90 Å². The van der Waals surface area contributed by atoms with E-state index >= 15 is 0 Å². The molecule has 0 aromatic heterocycles. The van der Waals surface area contributed by atoms with Gasteiger partial charge in [-0.05, 0) is 32.3 Å². The monoisotopic (exact) mass is 249 g/mol. The number of amides is 1. The highest BCUT2D eigenvalue weighted by atomic mass is 16.3. The summed E-state index contributed by atoms with van der Waals surface area (Å²) >= 11 is 0. The molecular formula is C15H23NO2. The Morgan fingerprint density at radius 1 is 1.22 bits per heavy atom. The third-order valence-electron chi connectivity index (χ3n) is 2.94. The Kier molecular flexibility index (Phi) is 6.44. The van der Waals surface area contributed by atoms with Crippen LogP contribution in [0.5, 0.6) is 0 Å². The Hall–Kier alpha value is -1.35. The zero-order valence-electron chi connectivity index (χ0n) is 11.3. The van der Waals surface area contributed by atoms with Crippen molar-refractivity contribution >= 4 is 5.91 Å². The van der Waals surface area contributed by atoms with Gasteiger partial charge < -0.3 is 10.0 Å². The van der Waals surface area contributed by atoms with Crippen molar-refractivity contribution in [3.8, 4) is 0 Å². The predicted molar refractivity (Wildman–Crippen MR) is 73.1 cm³/mol. The summed E-state index contributed by atoms with van der Waals surface area (Å²) in [5.41, 5.74) is 1.15. The first-order chi connectivity index (χ1) is 8.65. The molecule has 1 N–H and O–H groups in total. The molecule has 0 aliphatic rings. The van der Waals surface area contributed by atoms with Gasteiger partial charge in [0.25, 0.3) is 0 Å².